The number of nitrogens with one attached hydrogen (secondary N) is 1. The van der Waals surface area contributed by atoms with Gasteiger partial charge in [-0.05, 0) is 38.5 Å². The molecule has 0 spiro atoms. The topological polar surface area (TPSA) is 69.6 Å². The molecule has 4 nitrogen and oxygen atoms in total. The standard InChI is InChI=1S/C34H67NO3/c1-3-5-7-9-11-13-15-16-17-18-20-22-24-26-28-30-34(38)35-32(31-36)33(37)29-27-25-23-21-19-14-12-10-8-6-4-2/h16-17,32-33,36-37H,3-15,18-31H2,1-2H3,(H,35,38)/t32-,33+/m0/s1. The molecule has 0 aliphatic carbocycles. The molecule has 0 rings (SSSR count). The maximum absolute atomic E-state index is 12.3. The number of rotatable bonds is 30. The third-order valence-corrected chi connectivity index (χ3v) is 7.78. The maximum atomic E-state index is 12.3. The molecule has 0 fully saturated rings. The van der Waals surface area contributed by atoms with Gasteiger partial charge in [0.25, 0.3) is 0 Å². The predicted octanol–water partition coefficient (Wildman–Crippen LogP) is 9.56. The van der Waals surface area contributed by atoms with E-state index in [0.717, 1.165) is 25.7 Å². The number of amides is 1. The summed E-state index contributed by atoms with van der Waals surface area (Å²) in [5, 5.41) is 22.9. The molecule has 0 aromatic carbocycles. The van der Waals surface area contributed by atoms with E-state index < -0.39 is 12.1 Å². The van der Waals surface area contributed by atoms with Crippen LogP contribution >= 0.6 is 0 Å². The molecule has 0 heterocycles. The first-order valence-electron chi connectivity index (χ1n) is 16.9. The third-order valence-electron chi connectivity index (χ3n) is 7.78. The molecular weight excluding hydrogens is 470 g/mol. The fourth-order valence-electron chi connectivity index (χ4n) is 5.12. The van der Waals surface area contributed by atoms with Crippen LogP contribution in [0.5, 0.6) is 0 Å². The lowest BCUT2D eigenvalue weighted by atomic mass is 10.0. The number of carbonyl (C=O) groups is 1. The lowest BCUT2D eigenvalue weighted by Gasteiger charge is -2.22. The van der Waals surface area contributed by atoms with Crippen molar-refractivity contribution in [3.8, 4) is 0 Å². The Bertz CT molecular complexity index is 508. The van der Waals surface area contributed by atoms with Crippen LogP contribution in [0.15, 0.2) is 12.2 Å². The van der Waals surface area contributed by atoms with Crippen LogP contribution in [0.25, 0.3) is 0 Å². The molecule has 0 saturated heterocycles. The van der Waals surface area contributed by atoms with Crippen LogP contribution in [-0.2, 0) is 4.79 Å². The van der Waals surface area contributed by atoms with Crippen molar-refractivity contribution in [2.24, 2.45) is 0 Å². The number of hydrogen-bond acceptors (Lipinski definition) is 3. The van der Waals surface area contributed by atoms with Crippen molar-refractivity contribution in [3.05, 3.63) is 12.2 Å². The zero-order valence-corrected chi connectivity index (χ0v) is 25.7. The van der Waals surface area contributed by atoms with Gasteiger partial charge in [-0.2, -0.15) is 0 Å². The van der Waals surface area contributed by atoms with E-state index in [4.69, 9.17) is 0 Å². The third kappa shape index (κ3) is 26.7. The second kappa shape index (κ2) is 30.7. The Kier molecular flexibility index (Phi) is 30.0. The molecule has 226 valence electrons. The minimum Gasteiger partial charge on any atom is -0.394 e. The summed E-state index contributed by atoms with van der Waals surface area (Å²) in [7, 11) is 0. The van der Waals surface area contributed by atoms with Gasteiger partial charge in [-0.3, -0.25) is 4.79 Å². The molecule has 3 N–H and O–H groups in total. The van der Waals surface area contributed by atoms with Crippen LogP contribution < -0.4 is 5.32 Å². The fraction of sp³-hybridized carbons (Fsp3) is 0.912. The second-order valence-electron chi connectivity index (χ2n) is 11.6. The van der Waals surface area contributed by atoms with Crippen LogP contribution in [0.4, 0.5) is 0 Å². The SMILES string of the molecule is CCCCCCCCC=CCCCCCCCC(=O)N[C@@H](CO)[C@H](O)CCCCCCCCCCCCC. The van der Waals surface area contributed by atoms with Crippen molar-refractivity contribution in [3.63, 3.8) is 0 Å². The molecule has 38 heavy (non-hydrogen) atoms. The second-order valence-corrected chi connectivity index (χ2v) is 11.6. The summed E-state index contributed by atoms with van der Waals surface area (Å²) in [5.41, 5.74) is 0. The van der Waals surface area contributed by atoms with E-state index in [1.165, 1.54) is 128 Å². The summed E-state index contributed by atoms with van der Waals surface area (Å²) in [6.07, 6.45) is 35.4. The largest absolute Gasteiger partial charge is 0.394 e. The first kappa shape index (κ1) is 37.1. The van der Waals surface area contributed by atoms with Gasteiger partial charge in [-0.25, -0.2) is 0 Å². The molecule has 0 aromatic heterocycles. The Labute approximate surface area is 237 Å². The minimum absolute atomic E-state index is 0.0420. The molecule has 0 saturated carbocycles. The van der Waals surface area contributed by atoms with Gasteiger partial charge in [0.15, 0.2) is 0 Å². The molecule has 0 aliphatic rings. The van der Waals surface area contributed by atoms with Gasteiger partial charge in [0.2, 0.25) is 5.91 Å². The van der Waals surface area contributed by atoms with Crippen LogP contribution in [0.1, 0.15) is 181 Å². The summed E-state index contributed by atoms with van der Waals surface area (Å²) in [4.78, 5) is 12.3. The summed E-state index contributed by atoms with van der Waals surface area (Å²) < 4.78 is 0. The summed E-state index contributed by atoms with van der Waals surface area (Å²) in [6.45, 7) is 4.33. The van der Waals surface area contributed by atoms with E-state index in [9.17, 15) is 15.0 Å². The quantitative estimate of drug-likeness (QED) is 0.0631. The molecule has 0 aliphatic heterocycles. The highest BCUT2D eigenvalue weighted by atomic mass is 16.3. The van der Waals surface area contributed by atoms with Gasteiger partial charge in [-0.15, -0.1) is 0 Å². The number of carbonyl (C=O) groups excluding carboxylic acids is 1. The minimum atomic E-state index is -0.656. The number of allylic oxidation sites excluding steroid dienone is 2. The number of unbranched alkanes of at least 4 members (excludes halogenated alkanes) is 21. The van der Waals surface area contributed by atoms with Crippen molar-refractivity contribution in [2.45, 2.75) is 193 Å². The van der Waals surface area contributed by atoms with E-state index in [2.05, 4.69) is 31.3 Å². The van der Waals surface area contributed by atoms with Gasteiger partial charge < -0.3 is 15.5 Å². The Hall–Kier alpha value is -0.870. The highest BCUT2D eigenvalue weighted by Gasteiger charge is 2.19. The summed E-state index contributed by atoms with van der Waals surface area (Å²) in [6, 6.07) is -0.534. The maximum Gasteiger partial charge on any atom is 0.220 e. The first-order chi connectivity index (χ1) is 18.7. The fourth-order valence-corrected chi connectivity index (χ4v) is 5.12. The van der Waals surface area contributed by atoms with Gasteiger partial charge in [0.1, 0.15) is 0 Å². The van der Waals surface area contributed by atoms with E-state index in [0.29, 0.717) is 12.8 Å². The number of hydrogen-bond donors (Lipinski definition) is 3. The number of aliphatic hydroxyl groups excluding tert-OH is 2. The Balaban J connectivity index is 3.59. The normalized spacial score (nSPS) is 13.3. The van der Waals surface area contributed by atoms with Crippen LogP contribution in [0, 0.1) is 0 Å². The van der Waals surface area contributed by atoms with Crippen LogP contribution in [0.3, 0.4) is 0 Å². The monoisotopic (exact) mass is 538 g/mol. The van der Waals surface area contributed by atoms with E-state index in [1.54, 1.807) is 0 Å². The first-order valence-corrected chi connectivity index (χ1v) is 16.9. The van der Waals surface area contributed by atoms with E-state index in [1.807, 2.05) is 0 Å². The highest BCUT2D eigenvalue weighted by Crippen LogP contribution is 2.14. The average Bonchev–Trinajstić information content (AvgIpc) is 2.92. The Morgan fingerprint density at radius 2 is 1.00 bits per heavy atom. The lowest BCUT2D eigenvalue weighted by molar-refractivity contribution is -0.123. The van der Waals surface area contributed by atoms with Crippen molar-refractivity contribution >= 4 is 5.91 Å². The molecule has 0 bridgehead atoms. The van der Waals surface area contributed by atoms with Crippen LogP contribution in [-0.4, -0.2) is 34.9 Å². The van der Waals surface area contributed by atoms with Crippen molar-refractivity contribution in [1.82, 2.24) is 5.32 Å². The molecule has 0 radical (unpaired) electrons. The number of aliphatic hydroxyl groups is 2. The highest BCUT2D eigenvalue weighted by molar-refractivity contribution is 5.76. The zero-order valence-electron chi connectivity index (χ0n) is 25.7. The molecule has 2 atom stereocenters. The average molecular weight is 538 g/mol. The zero-order chi connectivity index (χ0) is 27.9. The molecule has 4 heteroatoms. The molecule has 0 aromatic rings. The molecular formula is C34H67NO3. The van der Waals surface area contributed by atoms with Gasteiger partial charge in [0, 0.05) is 6.42 Å². The summed E-state index contributed by atoms with van der Waals surface area (Å²) in [5.74, 6) is -0.0420. The molecule has 1 amide bonds. The van der Waals surface area contributed by atoms with Gasteiger partial charge >= 0.3 is 0 Å². The smallest absolute Gasteiger partial charge is 0.220 e. The van der Waals surface area contributed by atoms with Crippen molar-refractivity contribution in [2.75, 3.05) is 6.61 Å². The Morgan fingerprint density at radius 1 is 0.605 bits per heavy atom. The molecule has 0 unspecified atom stereocenters. The van der Waals surface area contributed by atoms with Gasteiger partial charge in [-0.1, -0.05) is 148 Å². The Morgan fingerprint density at radius 3 is 1.45 bits per heavy atom. The van der Waals surface area contributed by atoms with Crippen molar-refractivity contribution in [1.29, 1.82) is 0 Å². The van der Waals surface area contributed by atoms with E-state index in [-0.39, 0.29) is 12.5 Å². The summed E-state index contributed by atoms with van der Waals surface area (Å²) >= 11 is 0. The van der Waals surface area contributed by atoms with Crippen molar-refractivity contribution < 1.29 is 15.0 Å². The van der Waals surface area contributed by atoms with Gasteiger partial charge in [0.05, 0.1) is 18.8 Å². The lowest BCUT2D eigenvalue weighted by Crippen LogP contribution is -2.45. The van der Waals surface area contributed by atoms with Crippen LogP contribution in [0.2, 0.25) is 0 Å². The predicted molar refractivity (Wildman–Crippen MR) is 166 cm³/mol. The van der Waals surface area contributed by atoms with E-state index >= 15 is 0 Å².